The van der Waals surface area contributed by atoms with Gasteiger partial charge in [-0.25, -0.2) is 4.79 Å². The normalized spacial score (nSPS) is 15.1. The van der Waals surface area contributed by atoms with E-state index in [1.165, 1.54) is 12.1 Å². The smallest absolute Gasteiger partial charge is 0.410 e. The second-order valence-corrected chi connectivity index (χ2v) is 10.7. The number of hydrogen-bond donors (Lipinski definition) is 3. The molecule has 1 saturated carbocycles. The lowest BCUT2D eigenvalue weighted by atomic mass is 9.85. The van der Waals surface area contributed by atoms with E-state index in [2.05, 4.69) is 16.9 Å². The Morgan fingerprint density at radius 3 is 2.58 bits per heavy atom. The molecule has 38 heavy (non-hydrogen) atoms. The minimum atomic E-state index is -0.622. The van der Waals surface area contributed by atoms with Crippen molar-refractivity contribution >= 4 is 33.4 Å². The number of H-pyrrole nitrogens is 1. The molecule has 1 amide bonds. The Hall–Kier alpha value is -3.43. The van der Waals surface area contributed by atoms with Gasteiger partial charge in [-0.05, 0) is 36.1 Å². The second kappa shape index (κ2) is 12.9. The third-order valence-electron chi connectivity index (χ3n) is 7.17. The van der Waals surface area contributed by atoms with E-state index in [1.807, 2.05) is 30.3 Å². The van der Waals surface area contributed by atoms with Crippen LogP contribution in [-0.2, 0) is 22.5 Å². The monoisotopic (exact) mass is 537 g/mol. The van der Waals surface area contributed by atoms with Crippen molar-refractivity contribution in [3.63, 3.8) is 0 Å². The Kier molecular flexibility index (Phi) is 9.36. The molecule has 0 unspecified atom stereocenters. The average Bonchev–Trinajstić information content (AvgIpc) is 3.17. The van der Waals surface area contributed by atoms with E-state index < -0.39 is 11.6 Å². The zero-order chi connectivity index (χ0) is 27.0. The number of benzene rings is 2. The van der Waals surface area contributed by atoms with Gasteiger partial charge in [-0.2, -0.15) is 0 Å². The van der Waals surface area contributed by atoms with Crippen LogP contribution >= 0.6 is 11.3 Å². The predicted octanol–water partition coefficient (Wildman–Crippen LogP) is 4.91. The number of fused-ring (bicyclic) bond motifs is 1. The number of phenols is 1. The highest BCUT2D eigenvalue weighted by molar-refractivity contribution is 7.16. The van der Waals surface area contributed by atoms with Crippen LogP contribution < -0.4 is 10.2 Å². The first kappa shape index (κ1) is 27.6. The summed E-state index contributed by atoms with van der Waals surface area (Å²) in [6.07, 6.45) is 7.13. The molecule has 2 aromatic carbocycles. The van der Waals surface area contributed by atoms with Crippen LogP contribution in [0.4, 0.5) is 4.79 Å². The van der Waals surface area contributed by atoms with Crippen molar-refractivity contribution in [1.82, 2.24) is 15.2 Å². The van der Waals surface area contributed by atoms with Crippen molar-refractivity contribution in [2.75, 3.05) is 19.7 Å². The molecule has 0 bridgehead atoms. The number of aromatic nitrogens is 1. The third-order valence-corrected chi connectivity index (χ3v) is 8.13. The highest BCUT2D eigenvalue weighted by Gasteiger charge is 2.36. The SMILES string of the molecule is C=CC(=O)C1(NCCN(Cc2ccccc2)C(=O)OCCc2ccc(O)c3[nH]c(=O)sc23)CCCCCC1. The third kappa shape index (κ3) is 6.71. The van der Waals surface area contributed by atoms with Gasteiger partial charge in [0.1, 0.15) is 11.3 Å². The lowest BCUT2D eigenvalue weighted by Gasteiger charge is -2.33. The number of carbonyl (C=O) groups excluding carboxylic acids is 2. The van der Waals surface area contributed by atoms with E-state index in [0.717, 1.165) is 61.0 Å². The summed E-state index contributed by atoms with van der Waals surface area (Å²) in [6.45, 7) is 5.06. The van der Waals surface area contributed by atoms with Gasteiger partial charge in [0, 0.05) is 26.1 Å². The largest absolute Gasteiger partial charge is 0.506 e. The minimum Gasteiger partial charge on any atom is -0.506 e. The van der Waals surface area contributed by atoms with Crippen LogP contribution in [0.25, 0.3) is 10.2 Å². The van der Waals surface area contributed by atoms with Crippen molar-refractivity contribution in [1.29, 1.82) is 0 Å². The Morgan fingerprint density at radius 2 is 1.87 bits per heavy atom. The van der Waals surface area contributed by atoms with E-state index in [0.29, 0.717) is 36.3 Å². The van der Waals surface area contributed by atoms with Crippen LogP contribution in [0.5, 0.6) is 5.75 Å². The maximum absolute atomic E-state index is 13.2. The summed E-state index contributed by atoms with van der Waals surface area (Å²) in [4.78, 5) is 41.8. The van der Waals surface area contributed by atoms with E-state index >= 15 is 0 Å². The van der Waals surface area contributed by atoms with E-state index in [4.69, 9.17) is 4.74 Å². The molecule has 1 heterocycles. The fourth-order valence-electron chi connectivity index (χ4n) is 5.12. The van der Waals surface area contributed by atoms with Crippen LogP contribution in [0.1, 0.15) is 49.7 Å². The van der Waals surface area contributed by atoms with Gasteiger partial charge in [0.25, 0.3) is 0 Å². The number of phenolic OH excluding ortho intramolecular Hbond substituents is 1. The maximum Gasteiger partial charge on any atom is 0.410 e. The van der Waals surface area contributed by atoms with Gasteiger partial charge in [-0.1, -0.05) is 80.0 Å². The number of nitrogens with one attached hydrogen (secondary N) is 2. The van der Waals surface area contributed by atoms with Crippen molar-refractivity contribution in [2.45, 2.75) is 57.0 Å². The number of hydrogen-bond acceptors (Lipinski definition) is 7. The first-order valence-corrected chi connectivity index (χ1v) is 13.9. The topological polar surface area (TPSA) is 112 Å². The van der Waals surface area contributed by atoms with E-state index in [-0.39, 0.29) is 23.0 Å². The molecule has 1 fully saturated rings. The minimum absolute atomic E-state index is 0.0157. The summed E-state index contributed by atoms with van der Waals surface area (Å²) in [7, 11) is 0. The molecule has 8 nitrogen and oxygen atoms in total. The summed E-state index contributed by atoms with van der Waals surface area (Å²) in [6, 6.07) is 13.0. The first-order valence-electron chi connectivity index (χ1n) is 13.1. The predicted molar refractivity (Wildman–Crippen MR) is 150 cm³/mol. The quantitative estimate of drug-likeness (QED) is 0.237. The zero-order valence-electron chi connectivity index (χ0n) is 21.5. The Labute approximate surface area is 226 Å². The molecule has 3 N–H and O–H groups in total. The van der Waals surface area contributed by atoms with Gasteiger partial charge in [-0.3, -0.25) is 9.59 Å². The van der Waals surface area contributed by atoms with Crippen LogP contribution in [0.3, 0.4) is 0 Å². The summed E-state index contributed by atoms with van der Waals surface area (Å²) in [5, 5.41) is 13.5. The number of rotatable bonds is 11. The Bertz CT molecular complexity index is 1310. The maximum atomic E-state index is 13.2. The molecule has 202 valence electrons. The van der Waals surface area contributed by atoms with E-state index in [1.54, 1.807) is 11.0 Å². The average molecular weight is 538 g/mol. The van der Waals surface area contributed by atoms with Gasteiger partial charge in [0.2, 0.25) is 0 Å². The molecular formula is C29H35N3O5S. The van der Waals surface area contributed by atoms with Crippen LogP contribution in [0, 0.1) is 0 Å². The standard InChI is InChI=1S/C29H35N3O5S/c1-2-24(34)29(15-8-3-4-9-16-29)30-17-18-32(20-21-10-6-5-7-11-21)28(36)37-19-14-22-12-13-23(33)25-26(22)38-27(35)31-25/h2,5-7,10-13,30,33H,1,3-4,8-9,14-20H2,(H,31,35). The lowest BCUT2D eigenvalue weighted by molar-refractivity contribution is -0.121. The lowest BCUT2D eigenvalue weighted by Crippen LogP contribution is -2.53. The van der Waals surface area contributed by atoms with Gasteiger partial charge in [0.05, 0.1) is 16.8 Å². The number of aromatic hydroxyl groups is 1. The van der Waals surface area contributed by atoms with Gasteiger partial charge >= 0.3 is 11.0 Å². The van der Waals surface area contributed by atoms with Crippen molar-refractivity contribution in [2.24, 2.45) is 0 Å². The summed E-state index contributed by atoms with van der Waals surface area (Å²) in [5.74, 6) is 0.0332. The molecular weight excluding hydrogens is 502 g/mol. The van der Waals surface area contributed by atoms with Crippen LogP contribution in [-0.4, -0.2) is 52.1 Å². The van der Waals surface area contributed by atoms with Gasteiger partial charge in [-0.15, -0.1) is 0 Å². The van der Waals surface area contributed by atoms with E-state index in [9.17, 15) is 19.5 Å². The fourth-order valence-corrected chi connectivity index (χ4v) is 6.01. The number of amides is 1. The fraction of sp³-hybridized carbons (Fsp3) is 0.414. The van der Waals surface area contributed by atoms with Crippen LogP contribution in [0.15, 0.2) is 59.9 Å². The molecule has 4 rings (SSSR count). The molecule has 9 heteroatoms. The van der Waals surface area contributed by atoms with Crippen molar-refractivity contribution in [3.8, 4) is 5.75 Å². The molecule has 0 atom stereocenters. The number of carbonyl (C=O) groups is 2. The number of aromatic amines is 1. The van der Waals surface area contributed by atoms with Gasteiger partial charge < -0.3 is 25.0 Å². The van der Waals surface area contributed by atoms with Gasteiger partial charge in [0.15, 0.2) is 5.78 Å². The molecule has 1 aliphatic carbocycles. The highest BCUT2D eigenvalue weighted by Crippen LogP contribution is 2.29. The second-order valence-electron chi connectivity index (χ2n) is 9.73. The Morgan fingerprint density at radius 1 is 1.13 bits per heavy atom. The molecule has 3 aromatic rings. The van der Waals surface area contributed by atoms with Crippen LogP contribution in [0.2, 0.25) is 0 Å². The number of thiazole rings is 1. The molecule has 0 radical (unpaired) electrons. The summed E-state index contributed by atoms with van der Waals surface area (Å²) < 4.78 is 6.32. The molecule has 1 aliphatic rings. The molecule has 0 spiro atoms. The Balaban J connectivity index is 1.41. The number of ketones is 1. The zero-order valence-corrected chi connectivity index (χ0v) is 22.4. The summed E-state index contributed by atoms with van der Waals surface area (Å²) >= 11 is 1.02. The first-order chi connectivity index (χ1) is 18.4. The van der Waals surface area contributed by atoms with Crippen molar-refractivity contribution in [3.05, 3.63) is 75.9 Å². The molecule has 0 saturated heterocycles. The highest BCUT2D eigenvalue weighted by atomic mass is 32.1. The van der Waals surface area contributed by atoms with Crippen molar-refractivity contribution < 1.29 is 19.4 Å². The number of nitrogens with zero attached hydrogens (tertiary/aromatic N) is 1. The molecule has 0 aliphatic heterocycles. The summed E-state index contributed by atoms with van der Waals surface area (Å²) in [5.41, 5.74) is 1.59. The number of ether oxygens (including phenoxy) is 1. The molecule has 1 aromatic heterocycles.